The Kier molecular flexibility index (Phi) is 10.3. The van der Waals surface area contributed by atoms with Gasteiger partial charge in [0.1, 0.15) is 0 Å². The lowest BCUT2D eigenvalue weighted by atomic mass is 9.78. The minimum absolute atomic E-state index is 0.131. The maximum absolute atomic E-state index is 5.63. The van der Waals surface area contributed by atoms with Crippen molar-refractivity contribution in [3.05, 3.63) is 23.7 Å². The summed E-state index contributed by atoms with van der Waals surface area (Å²) in [7, 11) is 5.67. The number of rotatable bonds is 4. The molecule has 0 bridgehead atoms. The third-order valence-electron chi connectivity index (χ3n) is 4.51. The molecule has 0 spiro atoms. The van der Waals surface area contributed by atoms with E-state index < -0.39 is 0 Å². The third kappa shape index (κ3) is 6.99. The van der Waals surface area contributed by atoms with E-state index in [0.29, 0.717) is 12.0 Å². The maximum atomic E-state index is 5.63. The van der Waals surface area contributed by atoms with Gasteiger partial charge in [0.25, 0.3) is 0 Å². The molecule has 0 N–H and O–H groups in total. The van der Waals surface area contributed by atoms with E-state index in [1.54, 1.807) is 14.2 Å². The fraction of sp³-hybridized carbons (Fsp3) is 0.800. The zero-order chi connectivity index (χ0) is 18.0. The van der Waals surface area contributed by atoms with E-state index in [2.05, 4.69) is 51.8 Å². The number of hydrogen-bond donors (Lipinski definition) is 0. The minimum Gasteiger partial charge on any atom is -0.493 e. The number of allylic oxidation sites excluding steroid dienone is 1. The van der Waals surface area contributed by atoms with Crippen LogP contribution < -0.4 is 0 Å². The fourth-order valence-electron chi connectivity index (χ4n) is 3.38. The molecule has 3 atom stereocenters. The summed E-state index contributed by atoms with van der Waals surface area (Å²) in [6, 6.07) is 0.552. The predicted molar refractivity (Wildman–Crippen MR) is 100 cm³/mol. The molecule has 0 saturated carbocycles. The summed E-state index contributed by atoms with van der Waals surface area (Å²) < 4.78 is 11.2. The normalized spacial score (nSPS) is 34.1. The Balaban J connectivity index is 0.00000232. The molecule has 0 aromatic heterocycles. The Labute approximate surface area is 144 Å². The van der Waals surface area contributed by atoms with Gasteiger partial charge in [-0.25, -0.2) is 0 Å². The van der Waals surface area contributed by atoms with Crippen molar-refractivity contribution in [1.82, 2.24) is 4.90 Å². The standard InChI is InChI=1S/C18H33NO2.C2H6/c1-8-9-18(4)11-15(3)19(5)13-14(2)10-16(20-6)17(12-18)21-7;1-2/h10,12,14-15H,8-9,11,13H2,1-7H3;1-2H3/b16-10+,17-12+;/t14?,15?,18-;/m1./s1. The number of hydrogen-bond acceptors (Lipinski definition) is 3. The van der Waals surface area contributed by atoms with E-state index in [1.165, 1.54) is 6.42 Å². The number of ether oxygens (including phenoxy) is 2. The van der Waals surface area contributed by atoms with Gasteiger partial charge < -0.3 is 14.4 Å². The Hall–Kier alpha value is -0.960. The molecule has 1 aliphatic rings. The summed E-state index contributed by atoms with van der Waals surface area (Å²) in [4.78, 5) is 2.45. The lowest BCUT2D eigenvalue weighted by Crippen LogP contribution is -2.37. The zero-order valence-electron chi connectivity index (χ0n) is 16.9. The summed E-state index contributed by atoms with van der Waals surface area (Å²) in [6.45, 7) is 14.2. The first-order valence-corrected chi connectivity index (χ1v) is 9.08. The summed E-state index contributed by atoms with van der Waals surface area (Å²) in [5.74, 6) is 2.16. The molecule has 0 aromatic carbocycles. The summed E-state index contributed by atoms with van der Waals surface area (Å²) in [5, 5.41) is 0. The first-order valence-electron chi connectivity index (χ1n) is 9.08. The molecule has 0 saturated heterocycles. The highest BCUT2D eigenvalue weighted by Gasteiger charge is 2.28. The summed E-state index contributed by atoms with van der Waals surface area (Å²) >= 11 is 0. The molecule has 1 aliphatic heterocycles. The molecular formula is C20H39NO2. The van der Waals surface area contributed by atoms with Crippen LogP contribution in [0, 0.1) is 11.3 Å². The fourth-order valence-corrected chi connectivity index (χ4v) is 3.38. The summed E-state index contributed by atoms with van der Waals surface area (Å²) in [5.41, 5.74) is 0.131. The molecule has 3 nitrogen and oxygen atoms in total. The number of nitrogens with zero attached hydrogens (tertiary/aromatic N) is 1. The second kappa shape index (κ2) is 10.7. The van der Waals surface area contributed by atoms with Crippen molar-refractivity contribution < 1.29 is 9.47 Å². The van der Waals surface area contributed by atoms with Crippen molar-refractivity contribution in [2.75, 3.05) is 27.8 Å². The SMILES string of the molecule is CC.CCC[C@@]1(C)/C=C(OC)\C(OC)=C/C(C)CN(C)C(C)C1. The van der Waals surface area contributed by atoms with Crippen LogP contribution in [0.5, 0.6) is 0 Å². The van der Waals surface area contributed by atoms with E-state index >= 15 is 0 Å². The highest BCUT2D eigenvalue weighted by atomic mass is 16.5. The lowest BCUT2D eigenvalue weighted by Gasteiger charge is -2.36. The van der Waals surface area contributed by atoms with Crippen molar-refractivity contribution >= 4 is 0 Å². The first-order chi connectivity index (χ1) is 10.8. The van der Waals surface area contributed by atoms with Gasteiger partial charge in [-0.1, -0.05) is 41.0 Å². The zero-order valence-corrected chi connectivity index (χ0v) is 16.9. The third-order valence-corrected chi connectivity index (χ3v) is 4.51. The molecule has 1 heterocycles. The van der Waals surface area contributed by atoms with Gasteiger partial charge in [-0.3, -0.25) is 0 Å². The lowest BCUT2D eigenvalue weighted by molar-refractivity contribution is 0.162. The van der Waals surface area contributed by atoms with E-state index in [4.69, 9.17) is 9.47 Å². The Morgan fingerprint density at radius 1 is 1.17 bits per heavy atom. The van der Waals surface area contributed by atoms with E-state index in [0.717, 1.165) is 30.9 Å². The Morgan fingerprint density at radius 3 is 2.22 bits per heavy atom. The molecule has 2 unspecified atom stereocenters. The van der Waals surface area contributed by atoms with Crippen molar-refractivity contribution in [3.63, 3.8) is 0 Å². The molecule has 23 heavy (non-hydrogen) atoms. The Morgan fingerprint density at radius 2 is 1.74 bits per heavy atom. The van der Waals surface area contributed by atoms with E-state index in [1.807, 2.05) is 13.8 Å². The smallest absolute Gasteiger partial charge is 0.156 e. The average molecular weight is 326 g/mol. The summed E-state index contributed by atoms with van der Waals surface area (Å²) in [6.07, 6.45) is 7.91. The molecular weight excluding hydrogens is 286 g/mol. The molecule has 0 radical (unpaired) electrons. The highest BCUT2D eigenvalue weighted by molar-refractivity contribution is 5.24. The van der Waals surface area contributed by atoms with Crippen LogP contribution in [0.15, 0.2) is 23.7 Å². The van der Waals surface area contributed by atoms with Crippen LogP contribution in [-0.4, -0.2) is 38.8 Å². The minimum atomic E-state index is 0.131. The number of methoxy groups -OCH3 is 2. The van der Waals surface area contributed by atoms with Crippen molar-refractivity contribution in [1.29, 1.82) is 0 Å². The molecule has 136 valence electrons. The quantitative estimate of drug-likeness (QED) is 0.705. The second-order valence-electron chi connectivity index (χ2n) is 6.82. The van der Waals surface area contributed by atoms with Gasteiger partial charge in [-0.05, 0) is 50.3 Å². The van der Waals surface area contributed by atoms with Gasteiger partial charge in [0.2, 0.25) is 0 Å². The van der Waals surface area contributed by atoms with Gasteiger partial charge in [0.05, 0.1) is 14.2 Å². The van der Waals surface area contributed by atoms with Crippen molar-refractivity contribution in [2.45, 2.75) is 66.8 Å². The van der Waals surface area contributed by atoms with Crippen LogP contribution in [0.1, 0.15) is 60.8 Å². The molecule has 0 amide bonds. The van der Waals surface area contributed by atoms with E-state index in [-0.39, 0.29) is 5.41 Å². The van der Waals surface area contributed by atoms with Crippen LogP contribution in [-0.2, 0) is 9.47 Å². The largest absolute Gasteiger partial charge is 0.493 e. The van der Waals surface area contributed by atoms with Gasteiger partial charge >= 0.3 is 0 Å². The molecule has 1 rings (SSSR count). The van der Waals surface area contributed by atoms with Gasteiger partial charge in [0.15, 0.2) is 11.5 Å². The molecule has 0 aromatic rings. The van der Waals surface area contributed by atoms with Crippen molar-refractivity contribution in [2.24, 2.45) is 11.3 Å². The van der Waals surface area contributed by atoms with Crippen LogP contribution >= 0.6 is 0 Å². The van der Waals surface area contributed by atoms with Crippen LogP contribution in [0.2, 0.25) is 0 Å². The maximum Gasteiger partial charge on any atom is 0.156 e. The van der Waals surface area contributed by atoms with Crippen molar-refractivity contribution in [3.8, 4) is 0 Å². The van der Waals surface area contributed by atoms with Crippen LogP contribution in [0.4, 0.5) is 0 Å². The second-order valence-corrected chi connectivity index (χ2v) is 6.82. The highest BCUT2D eigenvalue weighted by Crippen LogP contribution is 2.35. The Bertz CT molecular complexity index is 389. The van der Waals surface area contributed by atoms with Gasteiger partial charge in [-0.15, -0.1) is 0 Å². The topological polar surface area (TPSA) is 21.7 Å². The average Bonchev–Trinajstić information content (AvgIpc) is 2.51. The van der Waals surface area contributed by atoms with Gasteiger partial charge in [-0.2, -0.15) is 0 Å². The van der Waals surface area contributed by atoms with E-state index in [9.17, 15) is 0 Å². The van der Waals surface area contributed by atoms with Crippen LogP contribution in [0.3, 0.4) is 0 Å². The monoisotopic (exact) mass is 325 g/mol. The predicted octanol–water partition coefficient (Wildman–Crippen LogP) is 5.24. The molecule has 0 aliphatic carbocycles. The van der Waals surface area contributed by atoms with Crippen LogP contribution in [0.25, 0.3) is 0 Å². The van der Waals surface area contributed by atoms with Gasteiger partial charge in [0, 0.05) is 12.6 Å². The molecule has 0 fully saturated rings. The molecule has 3 heteroatoms. The first kappa shape index (κ1) is 22.0.